The monoisotopic (exact) mass is 404 g/mol. The molecule has 1 aliphatic heterocycles. The van der Waals surface area contributed by atoms with Gasteiger partial charge in [-0.1, -0.05) is 87.1 Å². The first-order valence-electron chi connectivity index (χ1n) is 11.0. The van der Waals surface area contributed by atoms with Gasteiger partial charge in [0.1, 0.15) is 5.70 Å². The molecular weight excluding hydrogens is 372 g/mol. The van der Waals surface area contributed by atoms with Crippen LogP contribution in [-0.2, 0) is 9.59 Å². The SMILES string of the molecule is CCCCCCCCN1C(=O)C(c2ccc(C)cc2)=C(N(C)c2ccccc2)C1=O. The van der Waals surface area contributed by atoms with E-state index in [1.54, 1.807) is 0 Å². The Morgan fingerprint density at radius 2 is 1.43 bits per heavy atom. The number of para-hydroxylation sites is 1. The van der Waals surface area contributed by atoms with Crippen molar-refractivity contribution in [3.8, 4) is 0 Å². The highest BCUT2D eigenvalue weighted by Gasteiger charge is 2.40. The lowest BCUT2D eigenvalue weighted by Crippen LogP contribution is -2.35. The summed E-state index contributed by atoms with van der Waals surface area (Å²) in [5, 5.41) is 0. The molecule has 0 spiro atoms. The Bertz CT molecular complexity index is 900. The van der Waals surface area contributed by atoms with Crippen molar-refractivity contribution in [2.75, 3.05) is 18.5 Å². The Labute approximate surface area is 180 Å². The molecule has 0 saturated carbocycles. The van der Waals surface area contributed by atoms with Crippen molar-refractivity contribution in [2.24, 2.45) is 0 Å². The van der Waals surface area contributed by atoms with Crippen LogP contribution in [0.15, 0.2) is 60.3 Å². The number of rotatable bonds is 10. The summed E-state index contributed by atoms with van der Waals surface area (Å²) < 4.78 is 0. The molecule has 0 saturated heterocycles. The Morgan fingerprint density at radius 1 is 0.800 bits per heavy atom. The highest BCUT2D eigenvalue weighted by molar-refractivity contribution is 6.36. The van der Waals surface area contributed by atoms with Gasteiger partial charge in [0.2, 0.25) is 0 Å². The zero-order valence-electron chi connectivity index (χ0n) is 18.4. The van der Waals surface area contributed by atoms with Crippen LogP contribution in [0, 0.1) is 6.92 Å². The van der Waals surface area contributed by atoms with E-state index in [4.69, 9.17) is 0 Å². The fourth-order valence-corrected chi connectivity index (χ4v) is 3.89. The maximum absolute atomic E-state index is 13.4. The van der Waals surface area contributed by atoms with Gasteiger partial charge in [-0.3, -0.25) is 14.5 Å². The second-order valence-electron chi connectivity index (χ2n) is 8.01. The number of imide groups is 1. The van der Waals surface area contributed by atoms with Gasteiger partial charge in [-0.15, -0.1) is 0 Å². The summed E-state index contributed by atoms with van der Waals surface area (Å²) in [6, 6.07) is 17.6. The van der Waals surface area contributed by atoms with Crippen LogP contribution in [0.25, 0.3) is 5.57 Å². The first-order chi connectivity index (χ1) is 14.5. The lowest BCUT2D eigenvalue weighted by molar-refractivity contribution is -0.136. The van der Waals surface area contributed by atoms with Crippen LogP contribution in [0.1, 0.15) is 56.6 Å². The minimum Gasteiger partial charge on any atom is -0.339 e. The third kappa shape index (κ3) is 4.81. The predicted molar refractivity (Wildman–Crippen MR) is 123 cm³/mol. The molecule has 1 heterocycles. The quantitative estimate of drug-likeness (QED) is 0.384. The molecule has 0 fully saturated rings. The van der Waals surface area contributed by atoms with Gasteiger partial charge in [0, 0.05) is 19.3 Å². The molecule has 1 aliphatic rings. The van der Waals surface area contributed by atoms with Crippen LogP contribution in [0.2, 0.25) is 0 Å². The molecule has 2 amide bonds. The molecule has 0 radical (unpaired) electrons. The van der Waals surface area contributed by atoms with E-state index >= 15 is 0 Å². The van der Waals surface area contributed by atoms with Crippen LogP contribution >= 0.6 is 0 Å². The highest BCUT2D eigenvalue weighted by Crippen LogP contribution is 2.33. The molecule has 2 aromatic carbocycles. The molecule has 0 unspecified atom stereocenters. The van der Waals surface area contributed by atoms with Gasteiger partial charge in [-0.05, 0) is 31.0 Å². The number of amides is 2. The molecule has 4 nitrogen and oxygen atoms in total. The molecule has 0 bridgehead atoms. The molecule has 0 aliphatic carbocycles. The number of hydrogen-bond donors (Lipinski definition) is 0. The van der Waals surface area contributed by atoms with Crippen molar-refractivity contribution in [1.82, 2.24) is 4.90 Å². The molecular formula is C26H32N2O2. The Balaban J connectivity index is 1.86. The number of likely N-dealkylation sites (N-methyl/N-ethyl adjacent to an activating group) is 1. The molecule has 30 heavy (non-hydrogen) atoms. The number of unbranched alkanes of at least 4 members (excludes halogenated alkanes) is 5. The molecule has 4 heteroatoms. The molecule has 0 atom stereocenters. The van der Waals surface area contributed by atoms with E-state index in [1.165, 1.54) is 24.2 Å². The maximum atomic E-state index is 13.4. The number of aryl methyl sites for hydroxylation is 1. The summed E-state index contributed by atoms with van der Waals surface area (Å²) in [6.07, 6.45) is 6.71. The summed E-state index contributed by atoms with van der Waals surface area (Å²) in [5.74, 6) is -0.384. The number of benzene rings is 2. The van der Waals surface area contributed by atoms with Crippen molar-refractivity contribution >= 4 is 23.1 Å². The molecule has 158 valence electrons. The molecule has 2 aromatic rings. The second kappa shape index (κ2) is 10.2. The zero-order valence-corrected chi connectivity index (χ0v) is 18.4. The first-order valence-corrected chi connectivity index (χ1v) is 11.0. The van der Waals surface area contributed by atoms with Gasteiger partial charge >= 0.3 is 0 Å². The molecule has 3 rings (SSSR count). The summed E-state index contributed by atoms with van der Waals surface area (Å²) in [4.78, 5) is 30.0. The van der Waals surface area contributed by atoms with Crippen molar-refractivity contribution in [1.29, 1.82) is 0 Å². The standard InChI is InChI=1S/C26H32N2O2/c1-4-5-6-7-8-12-19-28-25(29)23(21-17-15-20(2)16-18-21)24(26(28)30)27(3)22-13-10-9-11-14-22/h9-11,13-18H,4-8,12,19H2,1-3H3. The lowest BCUT2D eigenvalue weighted by atomic mass is 10.0. The van der Waals surface area contributed by atoms with Crippen molar-refractivity contribution in [3.63, 3.8) is 0 Å². The van der Waals surface area contributed by atoms with Crippen LogP contribution in [0.5, 0.6) is 0 Å². The summed E-state index contributed by atoms with van der Waals surface area (Å²) in [7, 11) is 1.86. The second-order valence-corrected chi connectivity index (χ2v) is 8.01. The smallest absolute Gasteiger partial charge is 0.278 e. The van der Waals surface area contributed by atoms with Gasteiger partial charge in [0.15, 0.2) is 0 Å². The van der Waals surface area contributed by atoms with E-state index in [0.717, 1.165) is 36.1 Å². The van der Waals surface area contributed by atoms with Gasteiger partial charge < -0.3 is 4.90 Å². The van der Waals surface area contributed by atoms with Crippen molar-refractivity contribution in [3.05, 3.63) is 71.4 Å². The van der Waals surface area contributed by atoms with E-state index in [9.17, 15) is 9.59 Å². The summed E-state index contributed by atoms with van der Waals surface area (Å²) >= 11 is 0. The van der Waals surface area contributed by atoms with Crippen LogP contribution in [0.4, 0.5) is 5.69 Å². The minimum absolute atomic E-state index is 0.185. The third-order valence-corrected chi connectivity index (χ3v) is 5.70. The van der Waals surface area contributed by atoms with Gasteiger partial charge in [0.05, 0.1) is 5.57 Å². The topological polar surface area (TPSA) is 40.6 Å². The van der Waals surface area contributed by atoms with E-state index in [2.05, 4.69) is 6.92 Å². The third-order valence-electron chi connectivity index (χ3n) is 5.70. The van der Waals surface area contributed by atoms with Gasteiger partial charge in [-0.25, -0.2) is 0 Å². The number of carbonyl (C=O) groups excluding carboxylic acids is 2. The lowest BCUT2D eigenvalue weighted by Gasteiger charge is -2.21. The Hall–Kier alpha value is -2.88. The Morgan fingerprint density at radius 3 is 2.10 bits per heavy atom. The number of hydrogen-bond acceptors (Lipinski definition) is 3. The molecule has 0 aromatic heterocycles. The molecule has 0 N–H and O–H groups in total. The van der Waals surface area contributed by atoms with Crippen LogP contribution in [-0.4, -0.2) is 30.3 Å². The van der Waals surface area contributed by atoms with E-state index in [1.807, 2.05) is 73.5 Å². The number of carbonyl (C=O) groups is 2. The normalized spacial score (nSPS) is 14.0. The predicted octanol–water partition coefficient (Wildman–Crippen LogP) is 5.57. The van der Waals surface area contributed by atoms with E-state index in [0.29, 0.717) is 17.8 Å². The largest absolute Gasteiger partial charge is 0.339 e. The fourth-order valence-electron chi connectivity index (χ4n) is 3.89. The van der Waals surface area contributed by atoms with E-state index < -0.39 is 0 Å². The van der Waals surface area contributed by atoms with Crippen molar-refractivity contribution in [2.45, 2.75) is 52.4 Å². The fraction of sp³-hybridized carbons (Fsp3) is 0.385. The zero-order chi connectivity index (χ0) is 21.5. The summed E-state index contributed by atoms with van der Waals surface area (Å²) in [5.41, 5.74) is 3.76. The minimum atomic E-state index is -0.199. The van der Waals surface area contributed by atoms with Crippen molar-refractivity contribution < 1.29 is 9.59 Å². The first kappa shape index (κ1) is 21.8. The maximum Gasteiger partial charge on any atom is 0.278 e. The van der Waals surface area contributed by atoms with Gasteiger partial charge in [-0.2, -0.15) is 0 Å². The average Bonchev–Trinajstić information content (AvgIpc) is 3.01. The number of anilines is 1. The van der Waals surface area contributed by atoms with Gasteiger partial charge in [0.25, 0.3) is 11.8 Å². The van der Waals surface area contributed by atoms with Crippen LogP contribution in [0.3, 0.4) is 0 Å². The Kier molecular flexibility index (Phi) is 7.45. The van der Waals surface area contributed by atoms with Crippen LogP contribution < -0.4 is 4.90 Å². The average molecular weight is 405 g/mol. The number of nitrogens with zero attached hydrogens (tertiary/aromatic N) is 2. The van der Waals surface area contributed by atoms with E-state index in [-0.39, 0.29) is 11.8 Å². The highest BCUT2D eigenvalue weighted by atomic mass is 16.2. The summed E-state index contributed by atoms with van der Waals surface area (Å²) in [6.45, 7) is 4.69.